The molecule has 0 radical (unpaired) electrons. The Morgan fingerprint density at radius 3 is 3.00 bits per heavy atom. The molecule has 2 rings (SSSR count). The van der Waals surface area contributed by atoms with Crippen LogP contribution in [0.25, 0.3) is 0 Å². The van der Waals surface area contributed by atoms with E-state index in [9.17, 15) is 0 Å². The quantitative estimate of drug-likeness (QED) is 0.890. The smallest absolute Gasteiger partial charge is 0.0801 e. The molecular weight excluding hydrogens is 238 g/mol. The first-order valence-corrected chi connectivity index (χ1v) is 7.01. The minimum Gasteiger partial charge on any atom is -0.312 e. The third kappa shape index (κ3) is 2.48. The van der Waals surface area contributed by atoms with Crippen molar-refractivity contribution in [1.82, 2.24) is 14.9 Å². The number of thiophene rings is 1. The Labute approximate surface area is 104 Å². The van der Waals surface area contributed by atoms with E-state index in [1.165, 1.54) is 21.3 Å². The van der Waals surface area contributed by atoms with Crippen LogP contribution in [0.2, 0.25) is 0 Å². The van der Waals surface area contributed by atoms with Gasteiger partial charge in [-0.1, -0.05) is 17.5 Å². The fourth-order valence-electron chi connectivity index (χ4n) is 1.68. The topological polar surface area (TPSA) is 37.8 Å². The summed E-state index contributed by atoms with van der Waals surface area (Å²) in [6.07, 6.45) is 1.97. The lowest BCUT2D eigenvalue weighted by atomic mass is 10.1. The van der Waals surface area contributed by atoms with Crippen molar-refractivity contribution in [2.45, 2.75) is 25.8 Å². The van der Waals surface area contributed by atoms with Crippen molar-refractivity contribution in [3.63, 3.8) is 0 Å². The van der Waals surface area contributed by atoms with E-state index in [1.807, 2.05) is 7.05 Å². The van der Waals surface area contributed by atoms with E-state index in [0.29, 0.717) is 6.04 Å². The van der Waals surface area contributed by atoms with E-state index in [2.05, 4.69) is 39.3 Å². The average Bonchev–Trinajstić information content (AvgIpc) is 2.96. The predicted molar refractivity (Wildman–Crippen MR) is 69.1 cm³/mol. The predicted octanol–water partition coefficient (Wildman–Crippen LogP) is 2.67. The average molecular weight is 253 g/mol. The maximum Gasteiger partial charge on any atom is 0.0801 e. The number of aromatic nitrogens is 2. The molecule has 0 aliphatic heterocycles. The molecule has 0 bridgehead atoms. The Morgan fingerprint density at radius 1 is 1.50 bits per heavy atom. The summed E-state index contributed by atoms with van der Waals surface area (Å²) in [5.41, 5.74) is 1.13. The number of aryl methyl sites for hydroxylation is 1. The molecule has 2 heterocycles. The van der Waals surface area contributed by atoms with E-state index >= 15 is 0 Å². The number of hydrogen-bond donors (Lipinski definition) is 1. The first-order chi connectivity index (χ1) is 7.85. The van der Waals surface area contributed by atoms with Gasteiger partial charge in [0, 0.05) is 17.3 Å². The standard InChI is InChI=1S/C11H15N3S2/c1-3-9-11(16-14-13-9)10(12-2)7-8-5-4-6-15-8/h4-6,10,12H,3,7H2,1-2H3. The highest BCUT2D eigenvalue weighted by atomic mass is 32.1. The van der Waals surface area contributed by atoms with Crippen molar-refractivity contribution in [3.8, 4) is 0 Å². The van der Waals surface area contributed by atoms with Crippen molar-refractivity contribution in [2.75, 3.05) is 7.05 Å². The molecule has 0 saturated heterocycles. The lowest BCUT2D eigenvalue weighted by molar-refractivity contribution is 0.600. The third-order valence-electron chi connectivity index (χ3n) is 2.57. The van der Waals surface area contributed by atoms with Crippen LogP contribution in [-0.2, 0) is 12.8 Å². The lowest BCUT2D eigenvalue weighted by Gasteiger charge is -2.13. The molecule has 0 aliphatic rings. The van der Waals surface area contributed by atoms with Crippen molar-refractivity contribution in [1.29, 1.82) is 0 Å². The summed E-state index contributed by atoms with van der Waals surface area (Å²) >= 11 is 3.31. The molecule has 0 aromatic carbocycles. The lowest BCUT2D eigenvalue weighted by Crippen LogP contribution is -2.18. The van der Waals surface area contributed by atoms with Crippen molar-refractivity contribution >= 4 is 22.9 Å². The fraction of sp³-hybridized carbons (Fsp3) is 0.455. The molecule has 1 unspecified atom stereocenters. The van der Waals surface area contributed by atoms with Crippen molar-refractivity contribution < 1.29 is 0 Å². The molecule has 2 aromatic heterocycles. The number of rotatable bonds is 5. The second kappa shape index (κ2) is 5.52. The summed E-state index contributed by atoms with van der Waals surface area (Å²) in [7, 11) is 2.00. The number of likely N-dealkylation sites (N-methyl/N-ethyl adjacent to an activating group) is 1. The van der Waals surface area contributed by atoms with Gasteiger partial charge in [-0.2, -0.15) is 0 Å². The highest BCUT2D eigenvalue weighted by molar-refractivity contribution is 7.10. The second-order valence-electron chi connectivity index (χ2n) is 3.56. The molecular formula is C11H15N3S2. The summed E-state index contributed by atoms with van der Waals surface area (Å²) in [5.74, 6) is 0. The van der Waals surface area contributed by atoms with Crippen LogP contribution < -0.4 is 5.32 Å². The third-order valence-corrected chi connectivity index (χ3v) is 4.35. The van der Waals surface area contributed by atoms with Crippen LogP contribution in [0.4, 0.5) is 0 Å². The van der Waals surface area contributed by atoms with Gasteiger partial charge in [0.25, 0.3) is 0 Å². The second-order valence-corrected chi connectivity index (χ2v) is 5.38. The van der Waals surface area contributed by atoms with Gasteiger partial charge in [-0.05, 0) is 36.4 Å². The zero-order valence-corrected chi connectivity index (χ0v) is 11.1. The number of nitrogens with zero attached hydrogens (tertiary/aromatic N) is 2. The molecule has 0 saturated carbocycles. The van der Waals surface area contributed by atoms with Gasteiger partial charge in [0.15, 0.2) is 0 Å². The molecule has 0 amide bonds. The van der Waals surface area contributed by atoms with Gasteiger partial charge in [0.2, 0.25) is 0 Å². The van der Waals surface area contributed by atoms with Crippen LogP contribution in [0.15, 0.2) is 17.5 Å². The minimum atomic E-state index is 0.341. The Kier molecular flexibility index (Phi) is 4.04. The monoisotopic (exact) mass is 253 g/mol. The number of nitrogens with one attached hydrogen (secondary N) is 1. The normalized spacial score (nSPS) is 12.9. The SMILES string of the molecule is CCc1nnsc1C(Cc1cccs1)NC. The molecule has 0 fully saturated rings. The Balaban J connectivity index is 2.16. The molecule has 1 N–H and O–H groups in total. The van der Waals surface area contributed by atoms with E-state index in [-0.39, 0.29) is 0 Å². The first-order valence-electron chi connectivity index (χ1n) is 5.36. The van der Waals surface area contributed by atoms with Gasteiger partial charge < -0.3 is 5.32 Å². The maximum absolute atomic E-state index is 4.16. The van der Waals surface area contributed by atoms with Gasteiger partial charge in [0.05, 0.1) is 10.6 Å². The largest absolute Gasteiger partial charge is 0.312 e. The Hall–Kier alpha value is -0.780. The van der Waals surface area contributed by atoms with Crippen LogP contribution in [0.1, 0.15) is 28.4 Å². The van der Waals surface area contributed by atoms with E-state index in [0.717, 1.165) is 18.5 Å². The summed E-state index contributed by atoms with van der Waals surface area (Å²) in [6.45, 7) is 2.12. The zero-order chi connectivity index (χ0) is 11.4. The summed E-state index contributed by atoms with van der Waals surface area (Å²) < 4.78 is 4.05. The molecule has 0 aliphatic carbocycles. The molecule has 2 aromatic rings. The maximum atomic E-state index is 4.16. The van der Waals surface area contributed by atoms with Gasteiger partial charge >= 0.3 is 0 Å². The van der Waals surface area contributed by atoms with Crippen molar-refractivity contribution in [2.24, 2.45) is 0 Å². The summed E-state index contributed by atoms with van der Waals surface area (Å²) in [5, 5.41) is 9.64. The fourth-order valence-corrected chi connectivity index (χ4v) is 3.28. The van der Waals surface area contributed by atoms with Crippen molar-refractivity contribution in [3.05, 3.63) is 33.0 Å². The molecule has 16 heavy (non-hydrogen) atoms. The van der Waals surface area contributed by atoms with Crippen LogP contribution in [0.5, 0.6) is 0 Å². The zero-order valence-electron chi connectivity index (χ0n) is 9.43. The highest BCUT2D eigenvalue weighted by Gasteiger charge is 2.17. The summed E-state index contributed by atoms with van der Waals surface area (Å²) in [4.78, 5) is 2.67. The molecule has 5 heteroatoms. The first kappa shape index (κ1) is 11.7. The molecule has 3 nitrogen and oxygen atoms in total. The Morgan fingerprint density at radius 2 is 2.38 bits per heavy atom. The van der Waals surface area contributed by atoms with Gasteiger partial charge in [-0.15, -0.1) is 16.4 Å². The van der Waals surface area contributed by atoms with E-state index in [4.69, 9.17) is 0 Å². The number of hydrogen-bond acceptors (Lipinski definition) is 5. The van der Waals surface area contributed by atoms with E-state index in [1.54, 1.807) is 11.3 Å². The van der Waals surface area contributed by atoms with Crippen LogP contribution in [0, 0.1) is 0 Å². The van der Waals surface area contributed by atoms with Crippen LogP contribution >= 0.6 is 22.9 Å². The summed E-state index contributed by atoms with van der Waals surface area (Å²) in [6, 6.07) is 4.61. The van der Waals surface area contributed by atoms with Gasteiger partial charge in [-0.25, -0.2) is 0 Å². The highest BCUT2D eigenvalue weighted by Crippen LogP contribution is 2.25. The molecule has 1 atom stereocenters. The van der Waals surface area contributed by atoms with Crippen LogP contribution in [-0.4, -0.2) is 16.6 Å². The minimum absolute atomic E-state index is 0.341. The molecule has 0 spiro atoms. The van der Waals surface area contributed by atoms with Crippen LogP contribution in [0.3, 0.4) is 0 Å². The van der Waals surface area contributed by atoms with E-state index < -0.39 is 0 Å². The van der Waals surface area contributed by atoms with Gasteiger partial charge in [0.1, 0.15) is 0 Å². The molecule has 86 valence electrons. The van der Waals surface area contributed by atoms with Gasteiger partial charge in [-0.3, -0.25) is 0 Å². The Bertz CT molecular complexity index is 422.